The third-order valence-corrected chi connectivity index (χ3v) is 6.77. The Bertz CT molecular complexity index is 1330. The molecule has 0 saturated heterocycles. The van der Waals surface area contributed by atoms with Gasteiger partial charge in [0.2, 0.25) is 11.6 Å². The molecule has 0 radical (unpaired) electrons. The van der Waals surface area contributed by atoms with Crippen LogP contribution in [-0.4, -0.2) is 57.0 Å². The van der Waals surface area contributed by atoms with Crippen LogP contribution in [0.2, 0.25) is 0 Å². The molecule has 3 aromatic rings. The number of aliphatic imine (C=N–C) groups is 1. The van der Waals surface area contributed by atoms with E-state index >= 15 is 0 Å². The van der Waals surface area contributed by atoms with E-state index in [4.69, 9.17) is 33.8 Å². The average molecular weight is 561 g/mol. The van der Waals surface area contributed by atoms with Crippen molar-refractivity contribution in [2.45, 2.75) is 31.0 Å². The van der Waals surface area contributed by atoms with Crippen LogP contribution < -0.4 is 24.3 Å². The van der Waals surface area contributed by atoms with Crippen LogP contribution in [0.15, 0.2) is 84.4 Å². The molecule has 0 aliphatic carbocycles. The first-order valence-electron chi connectivity index (χ1n) is 13.3. The van der Waals surface area contributed by atoms with E-state index in [1.165, 1.54) is 7.11 Å². The summed E-state index contributed by atoms with van der Waals surface area (Å²) in [5.41, 5.74) is 0.997. The average Bonchev–Trinajstić information content (AvgIpc) is 3.40. The van der Waals surface area contributed by atoms with Crippen molar-refractivity contribution in [1.82, 2.24) is 5.32 Å². The normalized spacial score (nSPS) is 17.7. The zero-order chi connectivity index (χ0) is 29.2. The van der Waals surface area contributed by atoms with Crippen LogP contribution in [0, 0.1) is 0 Å². The Morgan fingerprint density at radius 2 is 1.73 bits per heavy atom. The highest BCUT2D eigenvalue weighted by Gasteiger charge is 2.52. The maximum atomic E-state index is 14.1. The summed E-state index contributed by atoms with van der Waals surface area (Å²) in [5.74, 6) is 2.17. The minimum Gasteiger partial charge on any atom is -0.494 e. The summed E-state index contributed by atoms with van der Waals surface area (Å²) in [6, 6.07) is 20.5. The van der Waals surface area contributed by atoms with E-state index in [-0.39, 0.29) is 25.5 Å². The van der Waals surface area contributed by atoms with Crippen LogP contribution in [0.1, 0.15) is 35.6 Å². The number of amides is 1. The summed E-state index contributed by atoms with van der Waals surface area (Å²) in [4.78, 5) is 19.0. The highest BCUT2D eigenvalue weighted by atomic mass is 16.5. The lowest BCUT2D eigenvalue weighted by atomic mass is 9.84. The molecular weight excluding hydrogens is 524 g/mol. The molecule has 9 nitrogen and oxygen atoms in total. The molecule has 0 aromatic heterocycles. The van der Waals surface area contributed by atoms with Crippen molar-refractivity contribution in [3.8, 4) is 23.0 Å². The second-order valence-electron chi connectivity index (χ2n) is 9.41. The van der Waals surface area contributed by atoms with Gasteiger partial charge in [-0.2, -0.15) is 0 Å². The number of carbonyl (C=O) groups is 1. The van der Waals surface area contributed by atoms with Gasteiger partial charge in [0.1, 0.15) is 5.75 Å². The summed E-state index contributed by atoms with van der Waals surface area (Å²) in [6.45, 7) is 4.60. The standard InChI is InChI=1S/C32H36N2O7/c1-5-16-32(31(36)33-21-22-19-26(37-2)28(39-4)27(20-22)38-3)29(23-10-7-6-8-11-23)41-30(34-32)24-12-14-25(15-13-24)40-18-9-17-35/h5-8,10-15,19-20,29,35H,1,9,16-18,21H2,2-4H3,(H,33,36)/t29-,32-/m1/s1. The summed E-state index contributed by atoms with van der Waals surface area (Å²) < 4.78 is 28.4. The van der Waals surface area contributed by atoms with Gasteiger partial charge in [0.05, 0.1) is 27.9 Å². The summed E-state index contributed by atoms with van der Waals surface area (Å²) in [7, 11) is 4.63. The Labute approximate surface area is 240 Å². The first-order valence-corrected chi connectivity index (χ1v) is 13.3. The van der Waals surface area contributed by atoms with E-state index in [9.17, 15) is 4.79 Å². The third-order valence-electron chi connectivity index (χ3n) is 6.77. The van der Waals surface area contributed by atoms with Gasteiger partial charge in [0.25, 0.3) is 5.91 Å². The van der Waals surface area contributed by atoms with E-state index in [0.29, 0.717) is 47.5 Å². The number of rotatable bonds is 14. The number of hydrogen-bond acceptors (Lipinski definition) is 8. The van der Waals surface area contributed by atoms with Crippen molar-refractivity contribution in [2.24, 2.45) is 4.99 Å². The molecule has 1 amide bonds. The fourth-order valence-electron chi connectivity index (χ4n) is 4.74. The van der Waals surface area contributed by atoms with Gasteiger partial charge in [-0.25, -0.2) is 4.99 Å². The molecule has 0 bridgehead atoms. The van der Waals surface area contributed by atoms with Gasteiger partial charge >= 0.3 is 0 Å². The minimum atomic E-state index is -1.30. The van der Waals surface area contributed by atoms with Crippen molar-refractivity contribution in [2.75, 3.05) is 34.5 Å². The van der Waals surface area contributed by atoms with Crippen LogP contribution in [0.4, 0.5) is 0 Å². The molecule has 0 fully saturated rings. The Morgan fingerprint density at radius 1 is 1.05 bits per heavy atom. The van der Waals surface area contributed by atoms with Gasteiger partial charge in [-0.3, -0.25) is 4.79 Å². The number of aliphatic hydroxyl groups is 1. The molecule has 1 aliphatic rings. The van der Waals surface area contributed by atoms with Crippen LogP contribution in [0.5, 0.6) is 23.0 Å². The molecule has 0 saturated carbocycles. The summed E-state index contributed by atoms with van der Waals surface area (Å²) in [5, 5.41) is 12.0. The van der Waals surface area contributed by atoms with Crippen molar-refractivity contribution in [1.29, 1.82) is 0 Å². The molecule has 1 aliphatic heterocycles. The third kappa shape index (κ3) is 6.47. The maximum Gasteiger partial charge on any atom is 0.252 e. The van der Waals surface area contributed by atoms with E-state index in [0.717, 1.165) is 11.1 Å². The zero-order valence-corrected chi connectivity index (χ0v) is 23.6. The van der Waals surface area contributed by atoms with Crippen molar-refractivity contribution >= 4 is 11.8 Å². The van der Waals surface area contributed by atoms with Gasteiger partial charge < -0.3 is 34.1 Å². The quantitative estimate of drug-likeness (QED) is 0.219. The highest BCUT2D eigenvalue weighted by Crippen LogP contribution is 2.43. The zero-order valence-electron chi connectivity index (χ0n) is 23.6. The number of nitrogens with one attached hydrogen (secondary N) is 1. The van der Waals surface area contributed by atoms with Crippen LogP contribution >= 0.6 is 0 Å². The van der Waals surface area contributed by atoms with Crippen molar-refractivity contribution < 1.29 is 33.6 Å². The lowest BCUT2D eigenvalue weighted by Crippen LogP contribution is -2.47. The smallest absolute Gasteiger partial charge is 0.252 e. The molecule has 4 rings (SSSR count). The van der Waals surface area contributed by atoms with Gasteiger partial charge in [-0.15, -0.1) is 6.58 Å². The molecule has 2 atom stereocenters. The Balaban J connectivity index is 1.66. The molecular formula is C32H36N2O7. The molecule has 3 aromatic carbocycles. The molecule has 216 valence electrons. The highest BCUT2D eigenvalue weighted by molar-refractivity contribution is 6.01. The second-order valence-corrected chi connectivity index (χ2v) is 9.41. The number of nitrogens with zero attached hydrogens (tertiary/aromatic N) is 1. The maximum absolute atomic E-state index is 14.1. The minimum absolute atomic E-state index is 0.0661. The van der Waals surface area contributed by atoms with Crippen LogP contribution in [0.3, 0.4) is 0 Å². The topological polar surface area (TPSA) is 108 Å². The van der Waals surface area contributed by atoms with Gasteiger partial charge in [-0.1, -0.05) is 36.4 Å². The molecule has 9 heteroatoms. The second kappa shape index (κ2) is 13.7. The van der Waals surface area contributed by atoms with Crippen LogP contribution in [-0.2, 0) is 16.1 Å². The first-order chi connectivity index (χ1) is 20.0. The molecule has 2 N–H and O–H groups in total. The molecule has 0 unspecified atom stereocenters. The van der Waals surface area contributed by atoms with E-state index < -0.39 is 11.6 Å². The van der Waals surface area contributed by atoms with Crippen LogP contribution in [0.25, 0.3) is 0 Å². The predicted molar refractivity (Wildman–Crippen MR) is 156 cm³/mol. The molecule has 41 heavy (non-hydrogen) atoms. The number of carbonyl (C=O) groups excluding carboxylic acids is 1. The lowest BCUT2D eigenvalue weighted by Gasteiger charge is -2.29. The van der Waals surface area contributed by atoms with Gasteiger partial charge in [0.15, 0.2) is 23.1 Å². The monoisotopic (exact) mass is 560 g/mol. The largest absolute Gasteiger partial charge is 0.494 e. The number of methoxy groups -OCH3 is 3. The van der Waals surface area contributed by atoms with Gasteiger partial charge in [0, 0.05) is 31.6 Å². The first kappa shape index (κ1) is 29.5. The van der Waals surface area contributed by atoms with Crippen molar-refractivity contribution in [3.63, 3.8) is 0 Å². The number of benzene rings is 3. The van der Waals surface area contributed by atoms with Gasteiger partial charge in [-0.05, 0) is 47.5 Å². The molecule has 0 spiro atoms. The van der Waals surface area contributed by atoms with E-state index in [1.807, 2.05) is 54.6 Å². The van der Waals surface area contributed by atoms with E-state index in [2.05, 4.69) is 11.9 Å². The number of aliphatic hydroxyl groups excluding tert-OH is 1. The number of hydrogen-bond donors (Lipinski definition) is 2. The summed E-state index contributed by atoms with van der Waals surface area (Å²) >= 11 is 0. The fraction of sp³-hybridized carbons (Fsp3) is 0.312. The molecule has 1 heterocycles. The Kier molecular flexibility index (Phi) is 9.86. The Hall–Kier alpha value is -4.50. The van der Waals surface area contributed by atoms with E-state index in [1.54, 1.807) is 32.4 Å². The Morgan fingerprint density at radius 3 is 2.32 bits per heavy atom. The lowest BCUT2D eigenvalue weighted by molar-refractivity contribution is -0.129. The van der Waals surface area contributed by atoms with Crippen molar-refractivity contribution in [3.05, 3.63) is 96.1 Å². The fourth-order valence-corrected chi connectivity index (χ4v) is 4.74. The summed E-state index contributed by atoms with van der Waals surface area (Å²) in [6.07, 6.45) is 1.80. The SMILES string of the molecule is C=CC[C@@]1(C(=O)NCc2cc(OC)c(OC)c(OC)c2)N=C(c2ccc(OCCCO)cc2)O[C@@H]1c1ccccc1. The predicted octanol–water partition coefficient (Wildman–Crippen LogP) is 4.62. The number of ether oxygens (including phenoxy) is 5.